The van der Waals surface area contributed by atoms with Gasteiger partial charge in [-0.2, -0.15) is 0 Å². The molecule has 7 aromatic carbocycles. The number of fused-ring (bicyclic) bond motifs is 4. The molecule has 0 saturated carbocycles. The van der Waals surface area contributed by atoms with Crippen molar-refractivity contribution >= 4 is 23.4 Å². The monoisotopic (exact) mass is 711 g/mol. The van der Waals surface area contributed by atoms with E-state index in [0.717, 1.165) is 88.6 Å². The maximum atomic E-state index is 14.3. The number of nitrogens with zero attached hydrogens (tertiary/aromatic N) is 3. The smallest absolute Gasteiger partial charge is 0.182 e. The number of hydrogen-bond acceptors (Lipinski definition) is 3. The number of aromatic nitrogens is 3. The van der Waals surface area contributed by atoms with Crippen molar-refractivity contribution < 1.29 is 4.57 Å². The van der Waals surface area contributed by atoms with Crippen LogP contribution in [0.1, 0.15) is 0 Å². The van der Waals surface area contributed by atoms with Crippen LogP contribution in [-0.2, 0) is 4.57 Å². The first-order chi connectivity index (χ1) is 26.5. The van der Waals surface area contributed by atoms with Gasteiger partial charge in [0.25, 0.3) is 0 Å². The van der Waals surface area contributed by atoms with E-state index in [0.29, 0.717) is 5.82 Å². The maximum Gasteiger partial charge on any atom is 0.182 e. The van der Waals surface area contributed by atoms with E-state index in [1.165, 1.54) is 0 Å². The van der Waals surface area contributed by atoms with Crippen LogP contribution in [0, 0.1) is 0 Å². The fraction of sp³-hybridized carbons (Fsp3) is 0.0204. The Kier molecular flexibility index (Phi) is 7.61. The summed E-state index contributed by atoms with van der Waals surface area (Å²) in [5.74, 6) is 0.675. The first-order valence-corrected chi connectivity index (χ1v) is 20.3. The molecule has 9 aromatic rings. The van der Waals surface area contributed by atoms with Crippen molar-refractivity contribution in [2.24, 2.45) is 0 Å². The molecule has 1 unspecified atom stereocenters. The van der Waals surface area contributed by atoms with Gasteiger partial charge in [0.05, 0.1) is 0 Å². The van der Waals surface area contributed by atoms with E-state index in [2.05, 4.69) is 158 Å². The minimum absolute atomic E-state index is 0.675. The number of rotatable bonds is 6. The van der Waals surface area contributed by atoms with E-state index in [4.69, 9.17) is 10.1 Å². The molecule has 256 valence electrons. The van der Waals surface area contributed by atoms with Crippen molar-refractivity contribution in [1.29, 1.82) is 0 Å². The lowest BCUT2D eigenvalue weighted by molar-refractivity contribution is 0.591. The third-order valence-corrected chi connectivity index (χ3v) is 13.2. The molecular weight excluding hydrogens is 678 g/mol. The Morgan fingerprint density at radius 1 is 0.426 bits per heavy atom. The zero-order valence-electron chi connectivity index (χ0n) is 29.6. The van der Waals surface area contributed by atoms with Crippen LogP contribution in [0.4, 0.5) is 0 Å². The SMILES string of the molecule is CP1(=O)c2ccccc2-c2cccc(-c3cccc(-c4cccc(-c5cccc(-c6nc7c(-c8ccccc8)cc(-c8ccccc8)cn7n6)c5)c4)c3)c21. The first kappa shape index (κ1) is 32.1. The lowest BCUT2D eigenvalue weighted by Gasteiger charge is -2.15. The highest BCUT2D eigenvalue weighted by molar-refractivity contribution is 7.79. The Hall–Kier alpha value is -6.61. The van der Waals surface area contributed by atoms with Crippen LogP contribution in [0.3, 0.4) is 0 Å². The van der Waals surface area contributed by atoms with Gasteiger partial charge in [0, 0.05) is 33.5 Å². The molecule has 54 heavy (non-hydrogen) atoms. The third kappa shape index (κ3) is 5.43. The molecular formula is C49H34N3OP. The summed E-state index contributed by atoms with van der Waals surface area (Å²) in [6, 6.07) is 63.2. The van der Waals surface area contributed by atoms with Gasteiger partial charge in [0.15, 0.2) is 11.5 Å². The van der Waals surface area contributed by atoms with Gasteiger partial charge in [-0.1, -0.05) is 158 Å². The number of benzene rings is 7. The van der Waals surface area contributed by atoms with E-state index in [1.54, 1.807) is 0 Å². The van der Waals surface area contributed by atoms with Gasteiger partial charge in [-0.25, -0.2) is 9.50 Å². The van der Waals surface area contributed by atoms with Crippen molar-refractivity contribution in [3.63, 3.8) is 0 Å². The topological polar surface area (TPSA) is 47.3 Å². The van der Waals surface area contributed by atoms with E-state index in [9.17, 15) is 4.57 Å². The predicted molar refractivity (Wildman–Crippen MR) is 224 cm³/mol. The second-order valence-corrected chi connectivity index (χ2v) is 16.7. The Bertz CT molecular complexity index is 2930. The van der Waals surface area contributed by atoms with Gasteiger partial charge < -0.3 is 4.57 Å². The molecule has 3 heterocycles. The molecule has 0 saturated heterocycles. The lowest BCUT2D eigenvalue weighted by atomic mass is 9.94. The second kappa shape index (κ2) is 12.8. The summed E-state index contributed by atoms with van der Waals surface area (Å²) in [6.07, 6.45) is 2.07. The summed E-state index contributed by atoms with van der Waals surface area (Å²) in [5, 5.41) is 6.94. The summed E-state index contributed by atoms with van der Waals surface area (Å²) < 4.78 is 16.3. The Morgan fingerprint density at radius 3 is 1.63 bits per heavy atom. The van der Waals surface area contributed by atoms with E-state index >= 15 is 0 Å². The Labute approximate surface area is 314 Å². The van der Waals surface area contributed by atoms with Crippen LogP contribution in [0.2, 0.25) is 0 Å². The standard InChI is InChI=1S/C49H34N3OP/c1-54(53)46-27-9-8-24-43(46)44-26-13-25-42(47(44)54)39-22-11-20-37(29-39)35-18-10-19-36(28-35)38-21-12-23-40(30-38)48-50-49-45(34-16-6-3-7-17-34)31-41(32-52(49)51-48)33-14-4-2-5-15-33/h2-32H,1H3. The van der Waals surface area contributed by atoms with Crippen molar-refractivity contribution in [3.05, 3.63) is 188 Å². The summed E-state index contributed by atoms with van der Waals surface area (Å²) in [4.78, 5) is 5.11. The molecule has 0 amide bonds. The minimum Gasteiger partial charge on any atom is -0.314 e. The molecule has 0 fully saturated rings. The number of hydrogen-bond donors (Lipinski definition) is 0. The highest BCUT2D eigenvalue weighted by Gasteiger charge is 2.36. The van der Waals surface area contributed by atoms with Gasteiger partial charge in [-0.15, -0.1) is 5.10 Å². The van der Waals surface area contributed by atoms with E-state index < -0.39 is 7.14 Å². The zero-order chi connectivity index (χ0) is 36.2. The zero-order valence-corrected chi connectivity index (χ0v) is 30.5. The highest BCUT2D eigenvalue weighted by Crippen LogP contribution is 2.52. The van der Waals surface area contributed by atoms with E-state index in [-0.39, 0.29) is 0 Å². The van der Waals surface area contributed by atoms with Gasteiger partial charge in [0.1, 0.15) is 7.14 Å². The molecule has 5 heteroatoms. The second-order valence-electron chi connectivity index (χ2n) is 14.0. The fourth-order valence-electron chi connectivity index (χ4n) is 7.96. The van der Waals surface area contributed by atoms with Crippen molar-refractivity contribution in [2.75, 3.05) is 6.66 Å². The quantitative estimate of drug-likeness (QED) is 0.161. The van der Waals surface area contributed by atoms with Gasteiger partial charge >= 0.3 is 0 Å². The molecule has 4 nitrogen and oxygen atoms in total. The molecule has 0 radical (unpaired) electrons. The molecule has 0 N–H and O–H groups in total. The molecule has 1 atom stereocenters. The normalized spacial score (nSPS) is 14.5. The highest BCUT2D eigenvalue weighted by atomic mass is 31.2. The molecule has 2 aromatic heterocycles. The average Bonchev–Trinajstić information content (AvgIpc) is 3.78. The van der Waals surface area contributed by atoms with Crippen molar-refractivity contribution in [1.82, 2.24) is 14.6 Å². The predicted octanol–water partition coefficient (Wildman–Crippen LogP) is 11.7. The Balaban J connectivity index is 1.01. The van der Waals surface area contributed by atoms with Crippen molar-refractivity contribution in [2.45, 2.75) is 0 Å². The van der Waals surface area contributed by atoms with Crippen LogP contribution in [0.5, 0.6) is 0 Å². The minimum atomic E-state index is -2.75. The summed E-state index contributed by atoms with van der Waals surface area (Å²) in [6.45, 7) is 1.91. The number of pyridine rings is 1. The molecule has 1 aliphatic rings. The molecule has 1 aliphatic heterocycles. The van der Waals surface area contributed by atoms with Crippen LogP contribution in [-0.4, -0.2) is 21.3 Å². The largest absolute Gasteiger partial charge is 0.314 e. The summed E-state index contributed by atoms with van der Waals surface area (Å²) in [5.41, 5.74) is 14.8. The molecule has 0 aliphatic carbocycles. The molecule has 10 rings (SSSR count). The third-order valence-electron chi connectivity index (χ3n) is 10.6. The maximum absolute atomic E-state index is 14.3. The molecule has 0 bridgehead atoms. The van der Waals surface area contributed by atoms with Crippen LogP contribution in [0.25, 0.3) is 83.8 Å². The van der Waals surface area contributed by atoms with Gasteiger partial charge in [-0.3, -0.25) is 0 Å². The summed E-state index contributed by atoms with van der Waals surface area (Å²) >= 11 is 0. The van der Waals surface area contributed by atoms with Crippen LogP contribution in [0.15, 0.2) is 188 Å². The summed E-state index contributed by atoms with van der Waals surface area (Å²) in [7, 11) is -2.75. The first-order valence-electron chi connectivity index (χ1n) is 18.2. The van der Waals surface area contributed by atoms with E-state index in [1.807, 2.05) is 41.5 Å². The molecule has 0 spiro atoms. The average molecular weight is 712 g/mol. The van der Waals surface area contributed by atoms with Gasteiger partial charge in [0.2, 0.25) is 0 Å². The van der Waals surface area contributed by atoms with Crippen molar-refractivity contribution in [3.8, 4) is 78.1 Å². The fourth-order valence-corrected chi connectivity index (χ4v) is 10.5. The Morgan fingerprint density at radius 2 is 0.926 bits per heavy atom. The van der Waals surface area contributed by atoms with Gasteiger partial charge in [-0.05, 0) is 86.6 Å². The lowest BCUT2D eigenvalue weighted by Crippen LogP contribution is -2.11. The van der Waals surface area contributed by atoms with Crippen LogP contribution < -0.4 is 10.6 Å². The van der Waals surface area contributed by atoms with Crippen LogP contribution >= 0.6 is 7.14 Å².